The molecule has 0 aromatic heterocycles. The first kappa shape index (κ1) is 11.6. The summed E-state index contributed by atoms with van der Waals surface area (Å²) in [6.07, 6.45) is 1.23. The highest BCUT2D eigenvalue weighted by Gasteiger charge is 1.91. The van der Waals surface area contributed by atoms with Gasteiger partial charge in [0.25, 0.3) is 0 Å². The van der Waals surface area contributed by atoms with E-state index < -0.39 is 0 Å². The lowest BCUT2D eigenvalue weighted by molar-refractivity contribution is 1.07. The topological polar surface area (TPSA) is 0 Å². The molecule has 0 fully saturated rings. The van der Waals surface area contributed by atoms with E-state index in [1.807, 2.05) is 0 Å². The van der Waals surface area contributed by atoms with Crippen LogP contribution in [0, 0.1) is 0 Å². The molecule has 0 N–H and O–H groups in total. The van der Waals surface area contributed by atoms with Gasteiger partial charge < -0.3 is 0 Å². The Labute approximate surface area is 64.6 Å². The van der Waals surface area contributed by atoms with Gasteiger partial charge in [-0.3, -0.25) is 0 Å². The van der Waals surface area contributed by atoms with Gasteiger partial charge >= 0.3 is 0 Å². The summed E-state index contributed by atoms with van der Waals surface area (Å²) in [7, 11) is -0.273. The molecular weight excluding hydrogens is 159 g/mol. The van der Waals surface area contributed by atoms with Crippen molar-refractivity contribution >= 4 is 32.8 Å². The molecule has 0 amide bonds. The molecule has 0 saturated heterocycles. The smallest absolute Gasteiger partial charge is 0.0306 e. The van der Waals surface area contributed by atoms with E-state index in [0.717, 1.165) is 5.88 Å². The van der Waals surface area contributed by atoms with Crippen LogP contribution >= 0.6 is 24.0 Å². The Balaban J connectivity index is 0. The summed E-state index contributed by atoms with van der Waals surface area (Å²) in [5, 5.41) is 0. The minimum Gasteiger partial charge on any atom is -0.147 e. The molecular formula is C5H14Cl2Si. The molecule has 0 unspecified atom stereocenters. The first-order valence-corrected chi connectivity index (χ1v) is 6.49. The Morgan fingerprint density at radius 2 is 1.88 bits per heavy atom. The second-order valence-electron chi connectivity index (χ2n) is 2.23. The fraction of sp³-hybridized carbons (Fsp3) is 1.00. The molecule has 0 bridgehead atoms. The molecule has 0 heterocycles. The zero-order valence-electron chi connectivity index (χ0n) is 5.48. The lowest BCUT2D eigenvalue weighted by Gasteiger charge is -1.96. The summed E-state index contributed by atoms with van der Waals surface area (Å²) >= 11 is 5.47. The first-order valence-electron chi connectivity index (χ1n) is 2.83. The number of hydrogen-bond donors (Lipinski definition) is 0. The van der Waals surface area contributed by atoms with Gasteiger partial charge in [-0.25, -0.2) is 0 Å². The van der Waals surface area contributed by atoms with Gasteiger partial charge in [0.15, 0.2) is 0 Å². The molecule has 0 atom stereocenters. The van der Waals surface area contributed by atoms with E-state index in [0.29, 0.717) is 0 Å². The molecule has 3 heteroatoms. The van der Waals surface area contributed by atoms with Crippen LogP contribution in [-0.4, -0.2) is 14.7 Å². The Morgan fingerprint density at radius 1 is 1.38 bits per heavy atom. The highest BCUT2D eigenvalue weighted by molar-refractivity contribution is 6.55. The van der Waals surface area contributed by atoms with Crippen LogP contribution in [0.3, 0.4) is 0 Å². The fourth-order valence-electron chi connectivity index (χ4n) is 0.485. The van der Waals surface area contributed by atoms with E-state index in [1.54, 1.807) is 0 Å². The largest absolute Gasteiger partial charge is 0.147 e. The Morgan fingerprint density at radius 3 is 2.00 bits per heavy atom. The second kappa shape index (κ2) is 7.80. The van der Waals surface area contributed by atoms with E-state index in [4.69, 9.17) is 11.6 Å². The van der Waals surface area contributed by atoms with E-state index in [1.165, 1.54) is 12.5 Å². The Kier molecular flexibility index (Phi) is 11.3. The quantitative estimate of drug-likeness (QED) is 0.454. The summed E-state index contributed by atoms with van der Waals surface area (Å²) in [4.78, 5) is 0. The van der Waals surface area contributed by atoms with Crippen LogP contribution in [0.25, 0.3) is 0 Å². The monoisotopic (exact) mass is 172 g/mol. The van der Waals surface area contributed by atoms with Crippen molar-refractivity contribution in [3.05, 3.63) is 0 Å². The van der Waals surface area contributed by atoms with E-state index in [9.17, 15) is 0 Å². The van der Waals surface area contributed by atoms with Crippen LogP contribution < -0.4 is 0 Å². The van der Waals surface area contributed by atoms with E-state index in [-0.39, 0.29) is 21.2 Å². The van der Waals surface area contributed by atoms with Crippen molar-refractivity contribution in [2.24, 2.45) is 0 Å². The predicted molar refractivity (Wildman–Crippen MR) is 46.3 cm³/mol. The third-order valence-corrected chi connectivity index (χ3v) is 2.75. The number of halogens is 2. The van der Waals surface area contributed by atoms with E-state index >= 15 is 0 Å². The van der Waals surface area contributed by atoms with Crippen molar-refractivity contribution in [3.8, 4) is 0 Å². The summed E-state index contributed by atoms with van der Waals surface area (Å²) < 4.78 is 0. The standard InChI is InChI=1S/C5H13ClSi.ClH/c1-7(2)5-3-4-6;/h7H,3-5H2,1-2H3;1H. The van der Waals surface area contributed by atoms with Gasteiger partial charge in [-0.05, 0) is 6.42 Å². The maximum absolute atomic E-state index is 5.47. The number of rotatable bonds is 3. The molecule has 52 valence electrons. The lowest BCUT2D eigenvalue weighted by atomic mass is 10.6. The van der Waals surface area contributed by atoms with Crippen molar-refractivity contribution in [1.29, 1.82) is 0 Å². The third kappa shape index (κ3) is 9.93. The molecule has 0 spiro atoms. The van der Waals surface area contributed by atoms with Crippen LogP contribution in [0.15, 0.2) is 0 Å². The van der Waals surface area contributed by atoms with Crippen molar-refractivity contribution in [1.82, 2.24) is 0 Å². The van der Waals surface area contributed by atoms with E-state index in [2.05, 4.69) is 13.1 Å². The Hall–Kier alpha value is 0.797. The molecule has 0 radical (unpaired) electrons. The summed E-state index contributed by atoms with van der Waals surface area (Å²) in [5.41, 5.74) is 0. The lowest BCUT2D eigenvalue weighted by Crippen LogP contribution is -1.97. The van der Waals surface area contributed by atoms with Gasteiger partial charge in [-0.15, -0.1) is 24.0 Å². The average Bonchev–Trinajstić information content (AvgIpc) is 1.61. The molecule has 0 rings (SSSR count). The number of hydrogen-bond acceptors (Lipinski definition) is 0. The molecule has 0 saturated carbocycles. The minimum atomic E-state index is -0.273. The van der Waals surface area contributed by atoms with Gasteiger partial charge in [-0.2, -0.15) is 0 Å². The summed E-state index contributed by atoms with van der Waals surface area (Å²) in [6.45, 7) is 4.71. The van der Waals surface area contributed by atoms with Gasteiger partial charge in [-0.1, -0.05) is 19.1 Å². The van der Waals surface area contributed by atoms with Crippen molar-refractivity contribution in [2.75, 3.05) is 5.88 Å². The van der Waals surface area contributed by atoms with Gasteiger partial charge in [0.1, 0.15) is 0 Å². The first-order chi connectivity index (χ1) is 3.27. The van der Waals surface area contributed by atoms with Crippen LogP contribution in [0.5, 0.6) is 0 Å². The van der Waals surface area contributed by atoms with Gasteiger partial charge in [0.05, 0.1) is 0 Å². The third-order valence-electron chi connectivity index (χ3n) is 0.915. The Bertz CT molecular complexity index is 39.4. The SMILES string of the molecule is C[SiH](C)CCCCl.Cl. The zero-order valence-corrected chi connectivity index (χ0v) is 8.21. The zero-order chi connectivity index (χ0) is 5.70. The maximum atomic E-state index is 5.47. The maximum Gasteiger partial charge on any atom is 0.0306 e. The molecule has 0 aliphatic carbocycles. The van der Waals surface area contributed by atoms with Crippen molar-refractivity contribution < 1.29 is 0 Å². The highest BCUT2D eigenvalue weighted by Crippen LogP contribution is 1.97. The molecule has 8 heavy (non-hydrogen) atoms. The summed E-state index contributed by atoms with van der Waals surface area (Å²) in [6, 6.07) is 1.41. The molecule has 0 nitrogen and oxygen atoms in total. The highest BCUT2D eigenvalue weighted by atomic mass is 35.5. The molecule has 0 aromatic carbocycles. The predicted octanol–water partition coefficient (Wildman–Crippen LogP) is 2.52. The fourth-order valence-corrected chi connectivity index (χ4v) is 1.92. The minimum absolute atomic E-state index is 0. The van der Waals surface area contributed by atoms with Crippen LogP contribution in [-0.2, 0) is 0 Å². The van der Waals surface area contributed by atoms with Crippen LogP contribution in [0.2, 0.25) is 19.1 Å². The molecule has 0 aliphatic heterocycles. The summed E-state index contributed by atoms with van der Waals surface area (Å²) in [5.74, 6) is 0.852. The average molecular weight is 173 g/mol. The molecule has 0 aromatic rings. The van der Waals surface area contributed by atoms with Crippen LogP contribution in [0.4, 0.5) is 0 Å². The second-order valence-corrected chi connectivity index (χ2v) is 5.97. The normalized spacial score (nSPS) is 9.00. The van der Waals surface area contributed by atoms with Gasteiger partial charge in [0, 0.05) is 14.7 Å². The van der Waals surface area contributed by atoms with Crippen molar-refractivity contribution in [3.63, 3.8) is 0 Å². The molecule has 0 aliphatic rings. The number of alkyl halides is 1. The van der Waals surface area contributed by atoms with Gasteiger partial charge in [0.2, 0.25) is 0 Å². The van der Waals surface area contributed by atoms with Crippen molar-refractivity contribution in [2.45, 2.75) is 25.6 Å². The van der Waals surface area contributed by atoms with Crippen LogP contribution in [0.1, 0.15) is 6.42 Å².